The standard InChI is InChI=1S/C16H23N3/c1-10-5-6-12(3)14(7-10)16-13(4)18-15(19-16)8-11(2)9-17/h5-7,11H,8-9,17H2,1-4H3,(H,18,19). The van der Waals surface area contributed by atoms with Crippen molar-refractivity contribution in [3.8, 4) is 11.3 Å². The molecule has 1 aromatic carbocycles. The van der Waals surface area contributed by atoms with Crippen LogP contribution in [0.1, 0.15) is 29.6 Å². The van der Waals surface area contributed by atoms with Gasteiger partial charge in [-0.25, -0.2) is 4.98 Å². The Hall–Kier alpha value is -1.61. The third kappa shape index (κ3) is 3.04. The number of rotatable bonds is 4. The molecule has 3 N–H and O–H groups in total. The molecule has 0 aliphatic carbocycles. The van der Waals surface area contributed by atoms with Crippen LogP contribution >= 0.6 is 0 Å². The van der Waals surface area contributed by atoms with E-state index in [0.717, 1.165) is 23.6 Å². The van der Waals surface area contributed by atoms with Crippen molar-refractivity contribution in [1.29, 1.82) is 0 Å². The minimum Gasteiger partial charge on any atom is -0.346 e. The fraction of sp³-hybridized carbons (Fsp3) is 0.438. The molecular weight excluding hydrogens is 234 g/mol. The molecule has 1 heterocycles. The van der Waals surface area contributed by atoms with Gasteiger partial charge in [0.25, 0.3) is 0 Å². The summed E-state index contributed by atoms with van der Waals surface area (Å²) in [6.07, 6.45) is 0.905. The Morgan fingerprint density at radius 3 is 2.68 bits per heavy atom. The van der Waals surface area contributed by atoms with E-state index < -0.39 is 0 Å². The Kier molecular flexibility index (Phi) is 4.05. The molecule has 0 saturated heterocycles. The van der Waals surface area contributed by atoms with E-state index in [9.17, 15) is 0 Å². The van der Waals surface area contributed by atoms with Crippen molar-refractivity contribution in [2.24, 2.45) is 11.7 Å². The van der Waals surface area contributed by atoms with Crippen LogP contribution in [0.3, 0.4) is 0 Å². The summed E-state index contributed by atoms with van der Waals surface area (Å²) in [6.45, 7) is 9.17. The lowest BCUT2D eigenvalue weighted by Crippen LogP contribution is -2.13. The van der Waals surface area contributed by atoms with E-state index in [2.05, 4.69) is 50.9 Å². The number of nitrogens with two attached hydrogens (primary N) is 1. The van der Waals surface area contributed by atoms with Gasteiger partial charge in [-0.3, -0.25) is 0 Å². The fourth-order valence-electron chi connectivity index (χ4n) is 2.29. The molecule has 2 aromatic rings. The predicted molar refractivity (Wildman–Crippen MR) is 80.2 cm³/mol. The number of H-pyrrole nitrogens is 1. The third-order valence-electron chi connectivity index (χ3n) is 3.53. The van der Waals surface area contributed by atoms with E-state index in [1.165, 1.54) is 16.7 Å². The molecule has 19 heavy (non-hydrogen) atoms. The third-order valence-corrected chi connectivity index (χ3v) is 3.53. The Labute approximate surface area is 115 Å². The van der Waals surface area contributed by atoms with Crippen molar-refractivity contribution < 1.29 is 0 Å². The number of aromatic amines is 1. The first-order valence-electron chi connectivity index (χ1n) is 6.84. The molecule has 0 saturated carbocycles. The number of imidazole rings is 1. The zero-order chi connectivity index (χ0) is 14.0. The Balaban J connectivity index is 2.37. The molecule has 102 valence electrons. The van der Waals surface area contributed by atoms with Gasteiger partial charge in [0.2, 0.25) is 0 Å². The van der Waals surface area contributed by atoms with Gasteiger partial charge in [-0.05, 0) is 44.9 Å². The first kappa shape index (κ1) is 13.8. The van der Waals surface area contributed by atoms with Crippen LogP contribution in [0.2, 0.25) is 0 Å². The molecule has 0 fully saturated rings. The van der Waals surface area contributed by atoms with E-state index in [1.54, 1.807) is 0 Å². The second-order valence-corrected chi connectivity index (χ2v) is 5.52. The molecule has 0 radical (unpaired) electrons. The lowest BCUT2D eigenvalue weighted by Gasteiger charge is -2.05. The largest absolute Gasteiger partial charge is 0.346 e. The summed E-state index contributed by atoms with van der Waals surface area (Å²) in [4.78, 5) is 8.15. The summed E-state index contributed by atoms with van der Waals surface area (Å²) in [6, 6.07) is 6.49. The van der Waals surface area contributed by atoms with Gasteiger partial charge >= 0.3 is 0 Å². The second-order valence-electron chi connectivity index (χ2n) is 5.52. The lowest BCUT2D eigenvalue weighted by atomic mass is 10.0. The molecule has 0 amide bonds. The molecule has 0 aliphatic rings. The molecule has 0 bridgehead atoms. The molecule has 3 nitrogen and oxygen atoms in total. The second kappa shape index (κ2) is 5.57. The lowest BCUT2D eigenvalue weighted by molar-refractivity contribution is 0.577. The average Bonchev–Trinajstić information content (AvgIpc) is 2.73. The van der Waals surface area contributed by atoms with E-state index >= 15 is 0 Å². The average molecular weight is 257 g/mol. The maximum Gasteiger partial charge on any atom is 0.107 e. The van der Waals surface area contributed by atoms with Gasteiger partial charge in [-0.1, -0.05) is 24.6 Å². The van der Waals surface area contributed by atoms with Crippen LogP contribution in [-0.4, -0.2) is 16.5 Å². The van der Waals surface area contributed by atoms with Crippen molar-refractivity contribution in [3.63, 3.8) is 0 Å². The van der Waals surface area contributed by atoms with Crippen LogP contribution in [0.4, 0.5) is 0 Å². The fourth-order valence-corrected chi connectivity index (χ4v) is 2.29. The SMILES string of the molecule is Cc1ccc(C)c(-c2nc(CC(C)CN)[nH]c2C)c1. The molecule has 3 heteroatoms. The summed E-state index contributed by atoms with van der Waals surface area (Å²) >= 11 is 0. The number of benzene rings is 1. The summed E-state index contributed by atoms with van der Waals surface area (Å²) < 4.78 is 0. The maximum absolute atomic E-state index is 5.68. The van der Waals surface area contributed by atoms with Gasteiger partial charge in [0, 0.05) is 17.7 Å². The first-order valence-corrected chi connectivity index (χ1v) is 6.84. The smallest absolute Gasteiger partial charge is 0.107 e. The topological polar surface area (TPSA) is 54.7 Å². The number of nitrogens with one attached hydrogen (secondary N) is 1. The van der Waals surface area contributed by atoms with E-state index in [4.69, 9.17) is 10.7 Å². The van der Waals surface area contributed by atoms with Crippen LogP contribution < -0.4 is 5.73 Å². The highest BCUT2D eigenvalue weighted by Gasteiger charge is 2.12. The number of nitrogens with zero attached hydrogens (tertiary/aromatic N) is 1. The van der Waals surface area contributed by atoms with Crippen LogP contribution in [0.25, 0.3) is 11.3 Å². The molecule has 2 rings (SSSR count). The molecule has 1 atom stereocenters. The highest BCUT2D eigenvalue weighted by Crippen LogP contribution is 2.26. The van der Waals surface area contributed by atoms with Gasteiger partial charge < -0.3 is 10.7 Å². The Morgan fingerprint density at radius 2 is 2.00 bits per heavy atom. The zero-order valence-electron chi connectivity index (χ0n) is 12.2. The number of hydrogen-bond donors (Lipinski definition) is 2. The van der Waals surface area contributed by atoms with Crippen LogP contribution in [-0.2, 0) is 6.42 Å². The van der Waals surface area contributed by atoms with Gasteiger partial charge in [0.05, 0.1) is 5.69 Å². The maximum atomic E-state index is 5.68. The molecule has 0 spiro atoms. The molecule has 1 aromatic heterocycles. The van der Waals surface area contributed by atoms with Gasteiger partial charge in [0.1, 0.15) is 5.82 Å². The van der Waals surface area contributed by atoms with Gasteiger partial charge in [-0.2, -0.15) is 0 Å². The van der Waals surface area contributed by atoms with Gasteiger partial charge in [0.15, 0.2) is 0 Å². The normalized spacial score (nSPS) is 12.7. The van der Waals surface area contributed by atoms with E-state index in [-0.39, 0.29) is 0 Å². The molecular formula is C16H23N3. The number of aryl methyl sites for hydroxylation is 3. The minimum atomic E-state index is 0.456. The Bertz CT molecular complexity index is 569. The highest BCUT2D eigenvalue weighted by atomic mass is 14.9. The van der Waals surface area contributed by atoms with Crippen molar-refractivity contribution in [1.82, 2.24) is 9.97 Å². The Morgan fingerprint density at radius 1 is 1.26 bits per heavy atom. The molecule has 1 unspecified atom stereocenters. The summed E-state index contributed by atoms with van der Waals surface area (Å²) in [7, 11) is 0. The van der Waals surface area contributed by atoms with Crippen molar-refractivity contribution >= 4 is 0 Å². The van der Waals surface area contributed by atoms with Crippen molar-refractivity contribution in [2.45, 2.75) is 34.1 Å². The monoisotopic (exact) mass is 257 g/mol. The molecule has 0 aliphatic heterocycles. The van der Waals surface area contributed by atoms with Crippen LogP contribution in [0, 0.1) is 26.7 Å². The van der Waals surface area contributed by atoms with Crippen molar-refractivity contribution in [3.05, 3.63) is 40.8 Å². The van der Waals surface area contributed by atoms with Crippen molar-refractivity contribution in [2.75, 3.05) is 6.54 Å². The first-order chi connectivity index (χ1) is 9.01. The van der Waals surface area contributed by atoms with E-state index in [1.807, 2.05) is 0 Å². The van der Waals surface area contributed by atoms with Gasteiger partial charge in [-0.15, -0.1) is 0 Å². The predicted octanol–water partition coefficient (Wildman–Crippen LogP) is 3.14. The summed E-state index contributed by atoms with van der Waals surface area (Å²) in [5, 5.41) is 0. The van der Waals surface area contributed by atoms with E-state index in [0.29, 0.717) is 12.5 Å². The minimum absolute atomic E-state index is 0.456. The zero-order valence-corrected chi connectivity index (χ0v) is 12.2. The number of aromatic nitrogens is 2. The summed E-state index contributed by atoms with van der Waals surface area (Å²) in [5.41, 5.74) is 11.6. The van der Waals surface area contributed by atoms with Crippen LogP contribution in [0.15, 0.2) is 18.2 Å². The quantitative estimate of drug-likeness (QED) is 0.884. The summed E-state index contributed by atoms with van der Waals surface area (Å²) in [5.74, 6) is 1.49. The highest BCUT2D eigenvalue weighted by molar-refractivity contribution is 5.66. The van der Waals surface area contributed by atoms with Crippen LogP contribution in [0.5, 0.6) is 0 Å². The number of hydrogen-bond acceptors (Lipinski definition) is 2.